The molecule has 0 spiro atoms. The zero-order valence-corrected chi connectivity index (χ0v) is 27.1. The van der Waals surface area contributed by atoms with Crippen molar-refractivity contribution in [2.24, 2.45) is 17.8 Å². The molecule has 0 fully saturated rings. The van der Waals surface area contributed by atoms with E-state index in [1.54, 1.807) is 0 Å². The summed E-state index contributed by atoms with van der Waals surface area (Å²) in [6.45, 7) is 25.5. The first-order valence-electron chi connectivity index (χ1n) is 14.1. The van der Waals surface area contributed by atoms with Crippen molar-refractivity contribution in [1.82, 2.24) is 0 Å². The third-order valence-corrected chi connectivity index (χ3v) is 5.37. The van der Waals surface area contributed by atoms with Crippen LogP contribution >= 0.6 is 0 Å². The van der Waals surface area contributed by atoms with Gasteiger partial charge >= 0.3 is 0 Å². The first-order valence-corrected chi connectivity index (χ1v) is 14.1. The van der Waals surface area contributed by atoms with E-state index in [1.807, 2.05) is 41.5 Å². The zero-order valence-electron chi connectivity index (χ0n) is 27.1. The Bertz CT molecular complexity index is 744. The van der Waals surface area contributed by atoms with E-state index in [2.05, 4.69) is 114 Å². The molecule has 0 heterocycles. The lowest BCUT2D eigenvalue weighted by molar-refractivity contribution is 0.248. The van der Waals surface area contributed by atoms with Crippen LogP contribution in [0.5, 0.6) is 0 Å². The Morgan fingerprint density at radius 2 is 0.462 bits per heavy atom. The number of rotatable bonds is 3. The summed E-state index contributed by atoms with van der Waals surface area (Å²) in [5, 5.41) is 24.4. The molecule has 0 amide bonds. The maximum atomic E-state index is 8.14. The van der Waals surface area contributed by atoms with Crippen LogP contribution in [0.25, 0.3) is 0 Å². The lowest BCUT2D eigenvalue weighted by Gasteiger charge is -1.93. The largest absolute Gasteiger partial charge is 0.396 e. The number of aryl methyl sites for hydroxylation is 6. The number of hydrogen-bond donors (Lipinski definition) is 3. The lowest BCUT2D eigenvalue weighted by Crippen LogP contribution is -1.90. The van der Waals surface area contributed by atoms with Crippen molar-refractivity contribution in [3.05, 3.63) is 106 Å². The van der Waals surface area contributed by atoms with Gasteiger partial charge in [-0.25, -0.2) is 0 Å². The van der Waals surface area contributed by atoms with Gasteiger partial charge in [-0.1, -0.05) is 114 Å². The number of aliphatic hydroxyl groups excluding tert-OH is 3. The molecule has 0 atom stereocenters. The van der Waals surface area contributed by atoms with Gasteiger partial charge in [0.2, 0.25) is 0 Å². The highest BCUT2D eigenvalue weighted by Crippen LogP contribution is 2.04. The fraction of sp³-hybridized carbons (Fsp3) is 0.500. The van der Waals surface area contributed by atoms with E-state index >= 15 is 0 Å². The quantitative estimate of drug-likeness (QED) is 0.311. The van der Waals surface area contributed by atoms with Crippen molar-refractivity contribution in [1.29, 1.82) is 0 Å². The van der Waals surface area contributed by atoms with E-state index in [4.69, 9.17) is 15.3 Å². The van der Waals surface area contributed by atoms with Crippen LogP contribution in [0.2, 0.25) is 0 Å². The topological polar surface area (TPSA) is 60.7 Å². The molecule has 0 unspecified atom stereocenters. The third kappa shape index (κ3) is 29.9. The highest BCUT2D eigenvalue weighted by molar-refractivity contribution is 5.24. The third-order valence-electron chi connectivity index (χ3n) is 5.37. The Balaban J connectivity index is -0.000000406. The standard InChI is InChI=1S/3C8H10.3C4H10O/c3*1-7-5-3-4-6-8(7)2;3*1-4(2)3-5/h3*3-6H,1-2H3;3*4-5H,3H2,1-2H3. The van der Waals surface area contributed by atoms with Gasteiger partial charge in [0, 0.05) is 19.8 Å². The molecule has 3 heteroatoms. The molecule has 3 aromatic carbocycles. The molecule has 0 saturated carbocycles. The molecule has 0 aliphatic carbocycles. The van der Waals surface area contributed by atoms with Crippen LogP contribution in [-0.2, 0) is 0 Å². The van der Waals surface area contributed by atoms with Crippen LogP contribution in [0.4, 0.5) is 0 Å². The average molecular weight is 541 g/mol. The molecular weight excluding hydrogens is 480 g/mol. The Morgan fingerprint density at radius 3 is 0.513 bits per heavy atom. The van der Waals surface area contributed by atoms with E-state index in [1.165, 1.54) is 33.4 Å². The average Bonchev–Trinajstić information content (AvgIpc) is 2.91. The normalized spacial score (nSPS) is 9.38. The second-order valence-corrected chi connectivity index (χ2v) is 11.0. The summed E-state index contributed by atoms with van der Waals surface area (Å²) in [5.41, 5.74) is 8.21. The minimum absolute atomic E-state index is 0.306. The SMILES string of the molecule is CC(C)CO.CC(C)CO.CC(C)CO.Cc1ccccc1C.Cc1ccccc1C.Cc1ccccc1C. The lowest BCUT2D eigenvalue weighted by atomic mass is 10.1. The Labute approximate surface area is 242 Å². The van der Waals surface area contributed by atoms with Gasteiger partial charge in [0.05, 0.1) is 0 Å². The first kappa shape index (κ1) is 41.0. The molecule has 39 heavy (non-hydrogen) atoms. The Kier molecular flexibility index (Phi) is 28.5. The predicted molar refractivity (Wildman–Crippen MR) is 174 cm³/mol. The molecular formula is C36H60O3. The molecule has 3 aromatic rings. The molecule has 0 aliphatic rings. The van der Waals surface area contributed by atoms with Crippen molar-refractivity contribution in [3.8, 4) is 0 Å². The molecule has 3 N–H and O–H groups in total. The Hall–Kier alpha value is -2.46. The summed E-state index contributed by atoms with van der Waals surface area (Å²) < 4.78 is 0. The number of hydrogen-bond acceptors (Lipinski definition) is 3. The number of benzene rings is 3. The van der Waals surface area contributed by atoms with Crippen LogP contribution in [0.15, 0.2) is 72.8 Å². The predicted octanol–water partition coefficient (Wildman–Crippen LogP) is 8.81. The molecule has 0 aromatic heterocycles. The van der Waals surface area contributed by atoms with Crippen LogP contribution in [0.1, 0.15) is 74.9 Å². The van der Waals surface area contributed by atoms with Gasteiger partial charge in [-0.3, -0.25) is 0 Å². The first-order chi connectivity index (χ1) is 18.2. The van der Waals surface area contributed by atoms with E-state index in [0.717, 1.165) is 0 Å². The van der Waals surface area contributed by atoms with Crippen molar-refractivity contribution >= 4 is 0 Å². The van der Waals surface area contributed by atoms with Crippen LogP contribution in [0, 0.1) is 59.3 Å². The summed E-state index contributed by atoms with van der Waals surface area (Å²) in [6.07, 6.45) is 0. The fourth-order valence-corrected chi connectivity index (χ4v) is 1.99. The van der Waals surface area contributed by atoms with Crippen molar-refractivity contribution in [2.45, 2.75) is 83.1 Å². The van der Waals surface area contributed by atoms with Gasteiger partial charge in [0.15, 0.2) is 0 Å². The van der Waals surface area contributed by atoms with Gasteiger partial charge in [-0.05, 0) is 92.7 Å². The van der Waals surface area contributed by atoms with E-state index in [0.29, 0.717) is 37.6 Å². The fourth-order valence-electron chi connectivity index (χ4n) is 1.99. The van der Waals surface area contributed by atoms with Crippen LogP contribution in [-0.4, -0.2) is 35.1 Å². The summed E-state index contributed by atoms with van der Waals surface area (Å²) in [4.78, 5) is 0. The second kappa shape index (κ2) is 27.1. The van der Waals surface area contributed by atoms with Crippen LogP contribution in [0.3, 0.4) is 0 Å². The summed E-state index contributed by atoms with van der Waals surface area (Å²) in [7, 11) is 0. The van der Waals surface area contributed by atoms with E-state index < -0.39 is 0 Å². The van der Waals surface area contributed by atoms with E-state index in [-0.39, 0.29) is 0 Å². The van der Waals surface area contributed by atoms with Crippen molar-refractivity contribution < 1.29 is 15.3 Å². The van der Waals surface area contributed by atoms with E-state index in [9.17, 15) is 0 Å². The minimum Gasteiger partial charge on any atom is -0.396 e. The molecule has 3 nitrogen and oxygen atoms in total. The molecule has 0 aliphatic heterocycles. The van der Waals surface area contributed by atoms with Gasteiger partial charge in [0.25, 0.3) is 0 Å². The van der Waals surface area contributed by atoms with Crippen molar-refractivity contribution in [3.63, 3.8) is 0 Å². The molecule has 0 radical (unpaired) electrons. The van der Waals surface area contributed by atoms with Crippen molar-refractivity contribution in [2.75, 3.05) is 19.8 Å². The summed E-state index contributed by atoms with van der Waals surface area (Å²) >= 11 is 0. The maximum absolute atomic E-state index is 8.14. The maximum Gasteiger partial charge on any atom is 0.0453 e. The molecule has 0 saturated heterocycles. The Morgan fingerprint density at radius 1 is 0.359 bits per heavy atom. The second-order valence-electron chi connectivity index (χ2n) is 11.0. The van der Waals surface area contributed by atoms with Gasteiger partial charge < -0.3 is 15.3 Å². The minimum atomic E-state index is 0.306. The highest BCUT2D eigenvalue weighted by atomic mass is 16.3. The number of aliphatic hydroxyl groups is 3. The molecule has 0 bridgehead atoms. The summed E-state index contributed by atoms with van der Waals surface area (Å²) in [5.74, 6) is 1.32. The highest BCUT2D eigenvalue weighted by Gasteiger charge is 1.86. The molecule has 3 rings (SSSR count). The van der Waals surface area contributed by atoms with Gasteiger partial charge in [0.1, 0.15) is 0 Å². The smallest absolute Gasteiger partial charge is 0.0453 e. The van der Waals surface area contributed by atoms with Gasteiger partial charge in [-0.2, -0.15) is 0 Å². The monoisotopic (exact) mass is 540 g/mol. The van der Waals surface area contributed by atoms with Crippen LogP contribution < -0.4 is 0 Å². The zero-order chi connectivity index (χ0) is 30.8. The summed E-state index contributed by atoms with van der Waals surface area (Å²) in [6, 6.07) is 25.1. The van der Waals surface area contributed by atoms with Gasteiger partial charge in [-0.15, -0.1) is 0 Å². The molecule has 222 valence electrons.